The molecule has 0 radical (unpaired) electrons. The van der Waals surface area contributed by atoms with Gasteiger partial charge in [-0.1, -0.05) is 6.07 Å². The number of hydrogen-bond acceptors (Lipinski definition) is 4. The number of aryl methyl sites for hydroxylation is 2. The van der Waals surface area contributed by atoms with Gasteiger partial charge in [-0.2, -0.15) is 0 Å². The smallest absolute Gasteiger partial charge is 0.255 e. The highest BCUT2D eigenvalue weighted by molar-refractivity contribution is 6.06. The van der Waals surface area contributed by atoms with Crippen molar-refractivity contribution in [2.45, 2.75) is 33.7 Å². The van der Waals surface area contributed by atoms with Crippen LogP contribution in [-0.4, -0.2) is 21.9 Å². The Bertz CT molecular complexity index is 934. The molecule has 0 aliphatic heterocycles. The summed E-state index contributed by atoms with van der Waals surface area (Å²) >= 11 is 0. The third-order valence-electron chi connectivity index (χ3n) is 3.88. The number of anilines is 2. The predicted octanol–water partition coefficient (Wildman–Crippen LogP) is 4.32. The van der Waals surface area contributed by atoms with E-state index in [1.54, 1.807) is 12.3 Å². The molecular formula is C20H22N4O. The summed E-state index contributed by atoms with van der Waals surface area (Å²) in [5, 5.41) is 7.19. The van der Waals surface area contributed by atoms with Crippen LogP contribution in [0.5, 0.6) is 0 Å². The molecule has 0 saturated carbocycles. The molecule has 0 spiro atoms. The van der Waals surface area contributed by atoms with E-state index in [1.807, 2.05) is 44.2 Å². The van der Waals surface area contributed by atoms with Crippen molar-refractivity contribution < 1.29 is 4.79 Å². The summed E-state index contributed by atoms with van der Waals surface area (Å²) in [6.07, 6.45) is 1.77. The van der Waals surface area contributed by atoms with E-state index in [9.17, 15) is 4.79 Å². The van der Waals surface area contributed by atoms with Gasteiger partial charge in [0.05, 0.1) is 28.8 Å². The van der Waals surface area contributed by atoms with Crippen LogP contribution in [0, 0.1) is 13.8 Å². The lowest BCUT2D eigenvalue weighted by Crippen LogP contribution is -2.15. The van der Waals surface area contributed by atoms with Crippen molar-refractivity contribution in [2.75, 3.05) is 10.6 Å². The second-order valence-electron chi connectivity index (χ2n) is 6.47. The molecule has 2 heterocycles. The zero-order valence-corrected chi connectivity index (χ0v) is 14.9. The topological polar surface area (TPSA) is 66.9 Å². The van der Waals surface area contributed by atoms with Crippen LogP contribution in [0.3, 0.4) is 0 Å². The van der Waals surface area contributed by atoms with Crippen molar-refractivity contribution in [1.29, 1.82) is 0 Å². The molecule has 5 heteroatoms. The second-order valence-corrected chi connectivity index (χ2v) is 6.47. The Hall–Kier alpha value is -2.95. The Morgan fingerprint density at radius 2 is 1.88 bits per heavy atom. The normalized spacial score (nSPS) is 10.9. The van der Waals surface area contributed by atoms with Crippen LogP contribution in [0.2, 0.25) is 0 Å². The number of nitrogens with one attached hydrogen (secondary N) is 2. The van der Waals surface area contributed by atoms with E-state index in [2.05, 4.69) is 34.4 Å². The van der Waals surface area contributed by atoms with Crippen LogP contribution in [0.15, 0.2) is 42.6 Å². The number of rotatable bonds is 4. The number of benzene rings is 1. The van der Waals surface area contributed by atoms with Crippen molar-refractivity contribution >= 4 is 28.2 Å². The van der Waals surface area contributed by atoms with Crippen LogP contribution < -0.4 is 10.6 Å². The minimum absolute atomic E-state index is 0.158. The molecule has 0 aliphatic carbocycles. The van der Waals surface area contributed by atoms with E-state index in [1.165, 1.54) is 0 Å². The predicted molar refractivity (Wildman–Crippen MR) is 102 cm³/mol. The van der Waals surface area contributed by atoms with Gasteiger partial charge in [0.15, 0.2) is 0 Å². The first kappa shape index (κ1) is 16.9. The molecule has 0 bridgehead atoms. The summed E-state index contributed by atoms with van der Waals surface area (Å²) in [6.45, 7) is 7.95. The number of aromatic nitrogens is 2. The summed E-state index contributed by atoms with van der Waals surface area (Å²) in [6, 6.07) is 11.7. The molecule has 1 amide bonds. The third-order valence-corrected chi connectivity index (χ3v) is 3.88. The fraction of sp³-hybridized carbons (Fsp3) is 0.250. The average molecular weight is 334 g/mol. The fourth-order valence-electron chi connectivity index (χ4n) is 2.64. The number of carbonyl (C=O) groups is 1. The maximum absolute atomic E-state index is 12.6. The molecule has 2 N–H and O–H groups in total. The van der Waals surface area contributed by atoms with Gasteiger partial charge in [0.25, 0.3) is 5.91 Å². The Morgan fingerprint density at radius 1 is 1.08 bits per heavy atom. The van der Waals surface area contributed by atoms with Gasteiger partial charge >= 0.3 is 0 Å². The van der Waals surface area contributed by atoms with Gasteiger partial charge in [-0.15, -0.1) is 0 Å². The Labute approximate surface area is 147 Å². The zero-order valence-electron chi connectivity index (χ0n) is 14.9. The molecule has 0 saturated heterocycles. The summed E-state index contributed by atoms with van der Waals surface area (Å²) in [5.74, 6) is -0.158. The van der Waals surface area contributed by atoms with E-state index >= 15 is 0 Å². The molecule has 1 aromatic carbocycles. The zero-order chi connectivity index (χ0) is 18.0. The van der Waals surface area contributed by atoms with Gasteiger partial charge in [-0.25, -0.2) is 0 Å². The monoisotopic (exact) mass is 334 g/mol. The number of fused-ring (bicyclic) bond motifs is 1. The van der Waals surface area contributed by atoms with Crippen LogP contribution in [-0.2, 0) is 0 Å². The molecule has 0 atom stereocenters. The van der Waals surface area contributed by atoms with Crippen molar-refractivity contribution in [2.24, 2.45) is 0 Å². The minimum atomic E-state index is -0.158. The van der Waals surface area contributed by atoms with E-state index in [4.69, 9.17) is 0 Å². The van der Waals surface area contributed by atoms with Crippen LogP contribution >= 0.6 is 0 Å². The van der Waals surface area contributed by atoms with Gasteiger partial charge in [0.1, 0.15) is 0 Å². The van der Waals surface area contributed by atoms with Crippen LogP contribution in [0.4, 0.5) is 11.4 Å². The third kappa shape index (κ3) is 3.94. The largest absolute Gasteiger partial charge is 0.382 e. The fourth-order valence-corrected chi connectivity index (χ4v) is 2.64. The number of hydrogen-bond donors (Lipinski definition) is 2. The van der Waals surface area contributed by atoms with E-state index in [-0.39, 0.29) is 5.91 Å². The quantitative estimate of drug-likeness (QED) is 0.746. The van der Waals surface area contributed by atoms with Gasteiger partial charge in [0, 0.05) is 22.7 Å². The van der Waals surface area contributed by atoms with Crippen molar-refractivity contribution in [3.8, 4) is 0 Å². The Kier molecular flexibility index (Phi) is 4.65. The molecule has 0 unspecified atom stereocenters. The number of pyridine rings is 2. The van der Waals surface area contributed by atoms with Gasteiger partial charge in [0.2, 0.25) is 0 Å². The van der Waals surface area contributed by atoms with Gasteiger partial charge in [-0.3, -0.25) is 14.8 Å². The van der Waals surface area contributed by atoms with Crippen molar-refractivity contribution in [3.05, 3.63) is 59.5 Å². The van der Waals surface area contributed by atoms with Crippen molar-refractivity contribution in [1.82, 2.24) is 9.97 Å². The summed E-state index contributed by atoms with van der Waals surface area (Å²) in [5.41, 5.74) is 4.81. The highest BCUT2D eigenvalue weighted by Gasteiger charge is 2.10. The lowest BCUT2D eigenvalue weighted by molar-refractivity contribution is 0.102. The maximum atomic E-state index is 12.6. The lowest BCUT2D eigenvalue weighted by atomic mass is 10.1. The SMILES string of the molecule is Cc1ccc2cc(C(=O)Nc3cc(NC(C)C)cnc3C)ccc2n1. The standard InChI is InChI=1S/C20H22N4O/c1-12(2)22-17-10-19(14(4)21-11-17)24-20(25)16-7-8-18-15(9-16)6-5-13(3)23-18/h5-12,22H,1-4H3,(H,24,25). The molecule has 128 valence electrons. The van der Waals surface area contributed by atoms with E-state index in [0.717, 1.165) is 28.0 Å². The average Bonchev–Trinajstić information content (AvgIpc) is 2.56. The first-order chi connectivity index (χ1) is 11.9. The Morgan fingerprint density at radius 3 is 2.64 bits per heavy atom. The van der Waals surface area contributed by atoms with Gasteiger partial charge < -0.3 is 10.6 Å². The second kappa shape index (κ2) is 6.89. The molecule has 0 aliphatic rings. The Balaban J connectivity index is 1.85. The molecule has 25 heavy (non-hydrogen) atoms. The van der Waals surface area contributed by atoms with Crippen LogP contribution in [0.25, 0.3) is 10.9 Å². The number of amides is 1. The first-order valence-electron chi connectivity index (χ1n) is 8.34. The maximum Gasteiger partial charge on any atom is 0.255 e. The summed E-state index contributed by atoms with van der Waals surface area (Å²) in [7, 11) is 0. The first-order valence-corrected chi connectivity index (χ1v) is 8.34. The lowest BCUT2D eigenvalue weighted by Gasteiger charge is -2.13. The molecule has 2 aromatic heterocycles. The highest BCUT2D eigenvalue weighted by Crippen LogP contribution is 2.20. The van der Waals surface area contributed by atoms with E-state index in [0.29, 0.717) is 17.3 Å². The van der Waals surface area contributed by atoms with Crippen molar-refractivity contribution in [3.63, 3.8) is 0 Å². The molecular weight excluding hydrogens is 312 g/mol. The van der Waals surface area contributed by atoms with Gasteiger partial charge in [-0.05, 0) is 58.0 Å². The summed E-state index contributed by atoms with van der Waals surface area (Å²) < 4.78 is 0. The molecule has 5 nitrogen and oxygen atoms in total. The minimum Gasteiger partial charge on any atom is -0.382 e. The van der Waals surface area contributed by atoms with E-state index < -0.39 is 0 Å². The molecule has 0 fully saturated rings. The van der Waals surface area contributed by atoms with Crippen LogP contribution in [0.1, 0.15) is 35.6 Å². The number of nitrogens with zero attached hydrogens (tertiary/aromatic N) is 2. The summed E-state index contributed by atoms with van der Waals surface area (Å²) in [4.78, 5) is 21.4. The molecule has 3 aromatic rings. The highest BCUT2D eigenvalue weighted by atomic mass is 16.1. The number of carbonyl (C=O) groups excluding carboxylic acids is 1. The molecule has 3 rings (SSSR count).